The number of nitrogens with zero attached hydrogens (tertiary/aromatic N) is 1. The molecule has 98 valence electrons. The predicted molar refractivity (Wildman–Crippen MR) is 66.5 cm³/mol. The van der Waals surface area contributed by atoms with Crippen LogP contribution in [0.15, 0.2) is 0 Å². The van der Waals surface area contributed by atoms with E-state index in [0.717, 1.165) is 45.4 Å². The average molecular weight is 240 g/mol. The van der Waals surface area contributed by atoms with Crippen LogP contribution in [0.2, 0.25) is 0 Å². The molecule has 1 saturated heterocycles. The molecule has 2 rings (SSSR count). The molecule has 0 radical (unpaired) electrons. The Bertz CT molecular complexity index is 279. The molecule has 1 amide bonds. The Morgan fingerprint density at radius 1 is 1.41 bits per heavy atom. The minimum atomic E-state index is -0.508. The molecule has 0 bridgehead atoms. The Labute approximate surface area is 103 Å². The second-order valence-electron chi connectivity index (χ2n) is 5.87. The minimum Gasteiger partial charge on any atom is -0.378 e. The van der Waals surface area contributed by atoms with Crippen molar-refractivity contribution in [2.75, 3.05) is 19.7 Å². The van der Waals surface area contributed by atoms with Gasteiger partial charge in [-0.3, -0.25) is 4.79 Å². The number of hydrogen-bond acceptors (Lipinski definition) is 3. The van der Waals surface area contributed by atoms with Gasteiger partial charge in [0.1, 0.15) is 0 Å². The van der Waals surface area contributed by atoms with E-state index in [2.05, 4.69) is 13.8 Å². The summed E-state index contributed by atoms with van der Waals surface area (Å²) in [5.41, 5.74) is 5.42. The molecule has 0 atom stereocenters. The molecule has 1 aliphatic heterocycles. The highest BCUT2D eigenvalue weighted by Crippen LogP contribution is 2.34. The minimum absolute atomic E-state index is 0.153. The number of piperidine rings is 1. The second-order valence-corrected chi connectivity index (χ2v) is 5.87. The zero-order chi connectivity index (χ0) is 12.5. The smallest absolute Gasteiger partial charge is 0.242 e. The third-order valence-electron chi connectivity index (χ3n) is 3.61. The van der Waals surface area contributed by atoms with Gasteiger partial charge in [0.25, 0.3) is 0 Å². The van der Waals surface area contributed by atoms with Crippen LogP contribution in [-0.2, 0) is 9.53 Å². The van der Waals surface area contributed by atoms with E-state index in [-0.39, 0.29) is 5.91 Å². The number of carbonyl (C=O) groups is 1. The Morgan fingerprint density at radius 3 is 2.47 bits per heavy atom. The van der Waals surface area contributed by atoms with Gasteiger partial charge in [0.2, 0.25) is 5.91 Å². The van der Waals surface area contributed by atoms with Gasteiger partial charge in [-0.1, -0.05) is 13.8 Å². The molecular weight excluding hydrogens is 216 g/mol. The fourth-order valence-corrected chi connectivity index (χ4v) is 2.22. The number of rotatable bonds is 4. The van der Waals surface area contributed by atoms with Crippen molar-refractivity contribution < 1.29 is 9.53 Å². The van der Waals surface area contributed by atoms with Crippen LogP contribution in [0.25, 0.3) is 0 Å². The number of ether oxygens (including phenoxy) is 1. The van der Waals surface area contributed by atoms with Crippen LogP contribution in [0.1, 0.15) is 39.5 Å². The molecular formula is C13H24N2O2. The normalized spacial score (nSPS) is 24.1. The number of nitrogens with two attached hydrogens (primary N) is 1. The maximum absolute atomic E-state index is 12.0. The average Bonchev–Trinajstić information content (AvgIpc) is 3.06. The molecule has 2 fully saturated rings. The quantitative estimate of drug-likeness (QED) is 0.801. The molecule has 0 aromatic heterocycles. The van der Waals surface area contributed by atoms with Crippen molar-refractivity contribution in [3.63, 3.8) is 0 Å². The van der Waals surface area contributed by atoms with Crippen molar-refractivity contribution in [1.82, 2.24) is 4.90 Å². The van der Waals surface area contributed by atoms with Crippen LogP contribution in [0, 0.1) is 5.92 Å². The topological polar surface area (TPSA) is 55.6 Å². The van der Waals surface area contributed by atoms with Gasteiger partial charge in [-0.15, -0.1) is 0 Å². The van der Waals surface area contributed by atoms with Crippen LogP contribution in [-0.4, -0.2) is 42.1 Å². The largest absolute Gasteiger partial charge is 0.378 e. The lowest BCUT2D eigenvalue weighted by Gasteiger charge is -2.33. The zero-order valence-electron chi connectivity index (χ0n) is 10.9. The van der Waals surface area contributed by atoms with Gasteiger partial charge in [-0.2, -0.15) is 0 Å². The van der Waals surface area contributed by atoms with Crippen molar-refractivity contribution in [3.8, 4) is 0 Å². The monoisotopic (exact) mass is 240 g/mol. The van der Waals surface area contributed by atoms with Gasteiger partial charge in [0.05, 0.1) is 11.6 Å². The van der Waals surface area contributed by atoms with Gasteiger partial charge in [-0.05, 0) is 31.6 Å². The van der Waals surface area contributed by atoms with Gasteiger partial charge in [0.15, 0.2) is 0 Å². The fraction of sp³-hybridized carbons (Fsp3) is 0.923. The fourth-order valence-electron chi connectivity index (χ4n) is 2.22. The Morgan fingerprint density at radius 2 is 2.00 bits per heavy atom. The van der Waals surface area contributed by atoms with Crippen molar-refractivity contribution in [2.24, 2.45) is 11.7 Å². The third kappa shape index (κ3) is 3.19. The van der Waals surface area contributed by atoms with E-state index >= 15 is 0 Å². The van der Waals surface area contributed by atoms with E-state index < -0.39 is 5.54 Å². The molecule has 0 spiro atoms. The first-order valence-corrected chi connectivity index (χ1v) is 6.71. The van der Waals surface area contributed by atoms with Gasteiger partial charge in [-0.25, -0.2) is 0 Å². The standard InChI is InChI=1S/C13H24N2O2/c1-10(2)9-17-11-3-7-15(8-4-11)12(16)13(14)5-6-13/h10-11H,3-9,14H2,1-2H3. The Kier molecular flexibility index (Phi) is 3.73. The molecule has 1 aliphatic carbocycles. The summed E-state index contributed by atoms with van der Waals surface area (Å²) >= 11 is 0. The van der Waals surface area contributed by atoms with Gasteiger partial charge < -0.3 is 15.4 Å². The van der Waals surface area contributed by atoms with E-state index in [1.54, 1.807) is 0 Å². The summed E-state index contributed by atoms with van der Waals surface area (Å²) in [4.78, 5) is 13.9. The van der Waals surface area contributed by atoms with Crippen molar-refractivity contribution in [2.45, 2.75) is 51.2 Å². The molecule has 2 N–H and O–H groups in total. The summed E-state index contributed by atoms with van der Waals surface area (Å²) in [6.07, 6.45) is 3.95. The predicted octanol–water partition coefficient (Wildman–Crippen LogP) is 1.14. The van der Waals surface area contributed by atoms with Crippen LogP contribution < -0.4 is 5.73 Å². The highest BCUT2D eigenvalue weighted by atomic mass is 16.5. The first kappa shape index (κ1) is 12.8. The SMILES string of the molecule is CC(C)COC1CCN(C(=O)C2(N)CC2)CC1. The van der Waals surface area contributed by atoms with Crippen LogP contribution in [0.5, 0.6) is 0 Å². The lowest BCUT2D eigenvalue weighted by Crippen LogP contribution is -2.49. The van der Waals surface area contributed by atoms with Crippen LogP contribution in [0.3, 0.4) is 0 Å². The molecule has 4 nitrogen and oxygen atoms in total. The molecule has 1 saturated carbocycles. The summed E-state index contributed by atoms with van der Waals surface area (Å²) in [5.74, 6) is 0.730. The maximum Gasteiger partial charge on any atom is 0.242 e. The van der Waals surface area contributed by atoms with Crippen LogP contribution in [0.4, 0.5) is 0 Å². The third-order valence-corrected chi connectivity index (χ3v) is 3.61. The lowest BCUT2D eigenvalue weighted by molar-refractivity contribution is -0.136. The molecule has 0 aromatic rings. The van der Waals surface area contributed by atoms with E-state index in [9.17, 15) is 4.79 Å². The summed E-state index contributed by atoms with van der Waals surface area (Å²) in [7, 11) is 0. The molecule has 2 aliphatic rings. The Hall–Kier alpha value is -0.610. The summed E-state index contributed by atoms with van der Waals surface area (Å²) in [5, 5.41) is 0. The first-order valence-electron chi connectivity index (χ1n) is 6.71. The number of hydrogen-bond donors (Lipinski definition) is 1. The van der Waals surface area contributed by atoms with E-state index in [0.29, 0.717) is 12.0 Å². The number of carbonyl (C=O) groups excluding carboxylic acids is 1. The summed E-state index contributed by atoms with van der Waals surface area (Å²) in [6.45, 7) is 6.74. The van der Waals surface area contributed by atoms with Crippen molar-refractivity contribution in [3.05, 3.63) is 0 Å². The highest BCUT2D eigenvalue weighted by molar-refractivity contribution is 5.89. The van der Waals surface area contributed by atoms with Gasteiger partial charge >= 0.3 is 0 Å². The van der Waals surface area contributed by atoms with E-state index in [4.69, 9.17) is 10.5 Å². The molecule has 17 heavy (non-hydrogen) atoms. The van der Waals surface area contributed by atoms with Crippen molar-refractivity contribution >= 4 is 5.91 Å². The van der Waals surface area contributed by atoms with E-state index in [1.165, 1.54) is 0 Å². The zero-order valence-corrected chi connectivity index (χ0v) is 10.9. The molecule has 4 heteroatoms. The summed E-state index contributed by atoms with van der Waals surface area (Å²) in [6, 6.07) is 0. The van der Waals surface area contributed by atoms with Crippen molar-refractivity contribution in [1.29, 1.82) is 0 Å². The van der Waals surface area contributed by atoms with Gasteiger partial charge in [0, 0.05) is 19.7 Å². The van der Waals surface area contributed by atoms with Crippen LogP contribution >= 0.6 is 0 Å². The molecule has 1 heterocycles. The highest BCUT2D eigenvalue weighted by Gasteiger charge is 2.48. The van der Waals surface area contributed by atoms with E-state index in [1.807, 2.05) is 4.90 Å². The Balaban J connectivity index is 1.72. The second kappa shape index (κ2) is 4.94. The number of likely N-dealkylation sites (tertiary alicyclic amines) is 1. The molecule has 0 unspecified atom stereocenters. The lowest BCUT2D eigenvalue weighted by atomic mass is 10.1. The molecule has 0 aromatic carbocycles. The maximum atomic E-state index is 12.0. The summed E-state index contributed by atoms with van der Waals surface area (Å²) < 4.78 is 5.80. The first-order chi connectivity index (χ1) is 8.01. The number of amides is 1.